The normalized spacial score (nSPS) is 14.1. The zero-order valence-corrected chi connectivity index (χ0v) is 34.2. The molecule has 0 aliphatic carbocycles. The Bertz CT molecular complexity index is 858. The number of carbonyl (C=O) groups excluding carboxylic acids is 1. The van der Waals surface area contributed by atoms with Crippen molar-refractivity contribution in [2.45, 2.75) is 180 Å². The summed E-state index contributed by atoms with van der Waals surface area (Å²) in [4.78, 5) is 24.9. The molecule has 0 N–H and O–H groups in total. The summed E-state index contributed by atoms with van der Waals surface area (Å²) < 4.78 is 34.5. The number of phosphoric acid groups is 1. The van der Waals surface area contributed by atoms with E-state index < -0.39 is 13.9 Å². The van der Waals surface area contributed by atoms with E-state index in [2.05, 4.69) is 38.2 Å². The first-order chi connectivity index (χ1) is 24.1. The van der Waals surface area contributed by atoms with Crippen LogP contribution < -0.4 is 4.89 Å². The van der Waals surface area contributed by atoms with Crippen molar-refractivity contribution < 1.29 is 37.3 Å². The number of esters is 1. The molecule has 2 atom stereocenters. The van der Waals surface area contributed by atoms with Crippen molar-refractivity contribution in [3.63, 3.8) is 0 Å². The quantitative estimate of drug-likeness (QED) is 0.0205. The molecule has 2 unspecified atom stereocenters. The van der Waals surface area contributed by atoms with Crippen molar-refractivity contribution in [1.29, 1.82) is 0 Å². The molecule has 0 fully saturated rings. The van der Waals surface area contributed by atoms with E-state index in [9.17, 15) is 14.3 Å². The lowest BCUT2D eigenvalue weighted by Gasteiger charge is -2.28. The molecule has 296 valence electrons. The Kier molecular flexibility index (Phi) is 34.3. The first kappa shape index (κ1) is 49.0. The van der Waals surface area contributed by atoms with E-state index in [4.69, 9.17) is 18.5 Å². The summed E-state index contributed by atoms with van der Waals surface area (Å²) in [5.41, 5.74) is 0. The van der Waals surface area contributed by atoms with Gasteiger partial charge in [0.25, 0.3) is 7.82 Å². The first-order valence-electron chi connectivity index (χ1n) is 20.6. The Labute approximate surface area is 309 Å². The number of carbonyl (C=O) groups is 1. The fourth-order valence-corrected chi connectivity index (χ4v) is 6.19. The number of hydrogen-bond donors (Lipinski definition) is 0. The molecule has 0 saturated heterocycles. The van der Waals surface area contributed by atoms with Crippen LogP contribution in [0.2, 0.25) is 0 Å². The minimum absolute atomic E-state index is 0.0242. The molecule has 0 aromatic carbocycles. The van der Waals surface area contributed by atoms with Gasteiger partial charge in [-0.05, 0) is 57.8 Å². The maximum absolute atomic E-state index is 12.6. The third kappa shape index (κ3) is 38.2. The van der Waals surface area contributed by atoms with E-state index in [-0.39, 0.29) is 25.8 Å². The van der Waals surface area contributed by atoms with Gasteiger partial charge in [0.2, 0.25) is 0 Å². The van der Waals surface area contributed by atoms with E-state index in [1.807, 2.05) is 21.1 Å². The molecule has 9 heteroatoms. The van der Waals surface area contributed by atoms with Crippen LogP contribution in [0.4, 0.5) is 0 Å². The third-order valence-corrected chi connectivity index (χ3v) is 9.69. The molecule has 0 heterocycles. The zero-order chi connectivity index (χ0) is 37.0. The number of nitrogens with zero attached hydrogens (tertiary/aromatic N) is 1. The molecule has 0 aliphatic rings. The average molecular weight is 730 g/mol. The van der Waals surface area contributed by atoms with Crippen molar-refractivity contribution in [3.05, 3.63) is 24.3 Å². The molecule has 50 heavy (non-hydrogen) atoms. The third-order valence-electron chi connectivity index (χ3n) is 8.73. The molecule has 0 rings (SSSR count). The molecule has 0 spiro atoms. The van der Waals surface area contributed by atoms with Gasteiger partial charge in [-0.25, -0.2) is 0 Å². The van der Waals surface area contributed by atoms with Gasteiger partial charge < -0.3 is 27.9 Å². The van der Waals surface area contributed by atoms with Gasteiger partial charge in [-0.2, -0.15) is 0 Å². The maximum Gasteiger partial charge on any atom is 0.306 e. The van der Waals surface area contributed by atoms with Crippen molar-refractivity contribution in [2.75, 3.05) is 54.1 Å². The lowest BCUT2D eigenvalue weighted by Crippen LogP contribution is -2.37. The summed E-state index contributed by atoms with van der Waals surface area (Å²) in [5, 5.41) is 0. The van der Waals surface area contributed by atoms with Gasteiger partial charge >= 0.3 is 5.97 Å². The van der Waals surface area contributed by atoms with Crippen LogP contribution in [-0.2, 0) is 27.9 Å². The monoisotopic (exact) mass is 730 g/mol. The van der Waals surface area contributed by atoms with Crippen molar-refractivity contribution in [1.82, 2.24) is 0 Å². The number of rotatable bonds is 38. The molecule has 0 aliphatic heterocycles. The Morgan fingerprint density at radius 3 is 1.58 bits per heavy atom. The standard InChI is InChI=1S/C41H80NO7P/c1-6-8-10-12-14-16-18-19-20-21-22-23-25-27-29-31-33-36-46-38-40(39-48-50(44,45)47-37-35-42(3,4)5)49-41(43)34-32-30-28-26-24-17-15-13-11-9-7-2/h13,15,20-21,40H,6-12,14,16-19,22-39H2,1-5H3/b15-13-,21-20-. The zero-order valence-electron chi connectivity index (χ0n) is 33.4. The predicted molar refractivity (Wildman–Crippen MR) is 208 cm³/mol. The van der Waals surface area contributed by atoms with Crippen LogP contribution in [-0.4, -0.2) is 70.7 Å². The minimum Gasteiger partial charge on any atom is -0.756 e. The number of hydrogen-bond acceptors (Lipinski definition) is 7. The molecule has 8 nitrogen and oxygen atoms in total. The summed E-state index contributed by atoms with van der Waals surface area (Å²) in [6.07, 6.45) is 37.6. The van der Waals surface area contributed by atoms with Crippen molar-refractivity contribution in [2.24, 2.45) is 0 Å². The van der Waals surface area contributed by atoms with Gasteiger partial charge in [0, 0.05) is 13.0 Å². The molecule has 0 amide bonds. The summed E-state index contributed by atoms with van der Waals surface area (Å²) in [7, 11) is 1.35. The Morgan fingerprint density at radius 1 is 0.600 bits per heavy atom. The molecule has 0 aromatic heterocycles. The highest BCUT2D eigenvalue weighted by Crippen LogP contribution is 2.38. The molecule has 0 aromatic rings. The fourth-order valence-electron chi connectivity index (χ4n) is 5.46. The van der Waals surface area contributed by atoms with Gasteiger partial charge in [-0.15, -0.1) is 0 Å². The second-order valence-electron chi connectivity index (χ2n) is 15.0. The van der Waals surface area contributed by atoms with Gasteiger partial charge in [-0.1, -0.05) is 134 Å². The number of quaternary nitrogens is 1. The molecular weight excluding hydrogens is 649 g/mol. The number of ether oxygens (including phenoxy) is 2. The largest absolute Gasteiger partial charge is 0.756 e. The second kappa shape index (κ2) is 35.0. The van der Waals surface area contributed by atoms with Crippen LogP contribution in [0.5, 0.6) is 0 Å². The van der Waals surface area contributed by atoms with Crippen molar-refractivity contribution in [3.8, 4) is 0 Å². The Balaban J connectivity index is 4.24. The number of likely N-dealkylation sites (N-methyl/N-ethyl adjacent to an activating group) is 1. The Hall–Kier alpha value is -1.02. The minimum atomic E-state index is -4.52. The smallest absolute Gasteiger partial charge is 0.306 e. The summed E-state index contributed by atoms with van der Waals surface area (Å²) in [5.74, 6) is -0.347. The molecular formula is C41H80NO7P. The predicted octanol–water partition coefficient (Wildman–Crippen LogP) is 11.0. The molecule has 0 radical (unpaired) electrons. The number of allylic oxidation sites excluding steroid dienone is 4. The SMILES string of the molecule is CCCC/C=C\CCCCCCCC(=O)OC(COCCCCCCCC/C=C\CCCCCCCCC)COP(=O)([O-])OCC[N+](C)(C)C. The topological polar surface area (TPSA) is 94.1 Å². The highest BCUT2D eigenvalue weighted by atomic mass is 31.2. The molecule has 0 saturated carbocycles. The van der Waals surface area contributed by atoms with E-state index in [0.29, 0.717) is 24.1 Å². The van der Waals surface area contributed by atoms with Crippen LogP contribution in [0.25, 0.3) is 0 Å². The highest BCUT2D eigenvalue weighted by Gasteiger charge is 2.20. The van der Waals surface area contributed by atoms with Gasteiger partial charge in [-0.3, -0.25) is 9.36 Å². The van der Waals surface area contributed by atoms with Crippen LogP contribution in [0.1, 0.15) is 174 Å². The first-order valence-corrected chi connectivity index (χ1v) is 22.0. The van der Waals surface area contributed by atoms with Gasteiger partial charge in [0.1, 0.15) is 19.3 Å². The van der Waals surface area contributed by atoms with Crippen LogP contribution in [0.15, 0.2) is 24.3 Å². The fraction of sp³-hybridized carbons (Fsp3) is 0.878. The Morgan fingerprint density at radius 2 is 1.06 bits per heavy atom. The molecule has 0 bridgehead atoms. The van der Waals surface area contributed by atoms with Crippen LogP contribution >= 0.6 is 7.82 Å². The summed E-state index contributed by atoms with van der Waals surface area (Å²) >= 11 is 0. The maximum atomic E-state index is 12.6. The van der Waals surface area contributed by atoms with Crippen LogP contribution in [0, 0.1) is 0 Å². The van der Waals surface area contributed by atoms with Gasteiger partial charge in [0.05, 0.1) is 34.4 Å². The average Bonchev–Trinajstić information content (AvgIpc) is 3.06. The van der Waals surface area contributed by atoms with Crippen molar-refractivity contribution >= 4 is 13.8 Å². The van der Waals surface area contributed by atoms with E-state index in [1.54, 1.807) is 0 Å². The number of unbranched alkanes of at least 4 members (excludes halogenated alkanes) is 20. The second-order valence-corrected chi connectivity index (χ2v) is 16.4. The lowest BCUT2D eigenvalue weighted by atomic mass is 10.1. The lowest BCUT2D eigenvalue weighted by molar-refractivity contribution is -0.870. The van der Waals surface area contributed by atoms with Crippen LogP contribution in [0.3, 0.4) is 0 Å². The van der Waals surface area contributed by atoms with E-state index in [0.717, 1.165) is 44.9 Å². The van der Waals surface area contributed by atoms with Gasteiger partial charge in [0.15, 0.2) is 0 Å². The highest BCUT2D eigenvalue weighted by molar-refractivity contribution is 7.45. The summed E-state index contributed by atoms with van der Waals surface area (Å²) in [6, 6.07) is 0. The summed E-state index contributed by atoms with van der Waals surface area (Å²) in [6.45, 7) is 5.35. The van der Waals surface area contributed by atoms with E-state index >= 15 is 0 Å². The van der Waals surface area contributed by atoms with E-state index in [1.165, 1.54) is 109 Å². The number of phosphoric ester groups is 1.